The zero-order valence-electron chi connectivity index (χ0n) is 25.1. The Balaban J connectivity index is 0.000000759. The van der Waals surface area contributed by atoms with Crippen molar-refractivity contribution in [3.05, 3.63) is 140 Å². The first-order valence-corrected chi connectivity index (χ1v) is 14.7. The topological polar surface area (TPSA) is 188 Å². The molecule has 0 saturated heterocycles. The van der Waals surface area contributed by atoms with E-state index in [-0.39, 0.29) is 57.5 Å². The van der Waals surface area contributed by atoms with Crippen molar-refractivity contribution in [1.82, 2.24) is 10.6 Å². The number of non-ortho nitro benzene ring substituents is 2. The Bertz CT molecular complexity index is 1360. The summed E-state index contributed by atoms with van der Waals surface area (Å²) in [4.78, 5) is 20.4. The summed E-state index contributed by atoms with van der Waals surface area (Å²) >= 11 is 10.1. The number of hydrogen-bond donors (Lipinski definition) is 2. The van der Waals surface area contributed by atoms with Gasteiger partial charge in [0, 0.05) is 61.2 Å². The van der Waals surface area contributed by atoms with Gasteiger partial charge in [-0.15, -0.1) is 34.7 Å². The zero-order chi connectivity index (χ0) is 32.5. The predicted octanol–water partition coefficient (Wildman–Crippen LogP) is 5.68. The molecule has 11 nitrogen and oxygen atoms in total. The van der Waals surface area contributed by atoms with Gasteiger partial charge in [0.05, 0.1) is 9.85 Å². The number of halogens is 2. The summed E-state index contributed by atoms with van der Waals surface area (Å²) in [6.07, 6.45) is 0. The number of nitrogens with zero attached hydrogens (tertiary/aromatic N) is 2. The van der Waals surface area contributed by atoms with Crippen LogP contribution in [0.4, 0.5) is 11.4 Å². The molecule has 0 unspecified atom stereocenters. The van der Waals surface area contributed by atoms with Gasteiger partial charge in [0.25, 0.3) is 11.4 Å². The van der Waals surface area contributed by atoms with Crippen LogP contribution in [0.2, 0.25) is 0 Å². The van der Waals surface area contributed by atoms with Gasteiger partial charge < -0.3 is 26.3 Å². The molecular formula is C32H36Cl2CuN4O7. The minimum Gasteiger partial charge on any atom is -0.872 e. The SMILES string of the molecule is C[C@@H](NCc1cc([N+](=O)[O-])ccc1[O-])c1ccccc1.C[C@@H](NCc1cc([N+](=O)[O-])ccc1[O-])c1ccccc1.ClCCCl.O.[Cu+2]. The second kappa shape index (κ2) is 22.7. The normalized spacial score (nSPS) is 11.1. The van der Waals surface area contributed by atoms with Gasteiger partial charge >= 0.3 is 17.1 Å². The van der Waals surface area contributed by atoms with E-state index >= 15 is 0 Å². The first kappa shape index (κ1) is 42.3. The standard InChI is InChI=1S/2C15H16N2O3.C2H4Cl2.Cu.H2O/c2*1-11(12-5-3-2-4-6-12)16-10-13-9-14(17(19)20)7-8-15(13)18;3-1-2-4;;/h2*2-9,11,16,18H,10H2,1H3;1-2H2;;1H2/q;;;+2;/p-2/t2*11-;;;/m11.../s1. The van der Waals surface area contributed by atoms with Crippen molar-refractivity contribution in [2.45, 2.75) is 39.0 Å². The van der Waals surface area contributed by atoms with E-state index in [1.807, 2.05) is 74.5 Å². The smallest absolute Gasteiger partial charge is 0.872 e. The van der Waals surface area contributed by atoms with Crippen molar-refractivity contribution < 1.29 is 42.6 Å². The van der Waals surface area contributed by atoms with Crippen molar-refractivity contribution >= 4 is 34.6 Å². The Morgan fingerprint density at radius 2 is 0.957 bits per heavy atom. The summed E-state index contributed by atoms with van der Waals surface area (Å²) in [5, 5.41) is 51.2. The second-order valence-corrected chi connectivity index (χ2v) is 10.3. The summed E-state index contributed by atoms with van der Waals surface area (Å²) < 4.78 is 0. The number of rotatable bonds is 11. The molecule has 0 aliphatic heterocycles. The summed E-state index contributed by atoms with van der Waals surface area (Å²) in [6.45, 7) is 4.57. The number of nitrogens with one attached hydrogen (secondary N) is 2. The molecule has 251 valence electrons. The van der Waals surface area contributed by atoms with Gasteiger partial charge in [-0.2, -0.15) is 0 Å². The van der Waals surface area contributed by atoms with Gasteiger partial charge in [0.1, 0.15) is 0 Å². The van der Waals surface area contributed by atoms with Gasteiger partial charge in [-0.3, -0.25) is 20.2 Å². The molecule has 4 rings (SSSR count). The van der Waals surface area contributed by atoms with Gasteiger partial charge in [0.2, 0.25) is 0 Å². The van der Waals surface area contributed by atoms with E-state index in [9.17, 15) is 30.4 Å². The molecule has 0 spiro atoms. The second-order valence-electron chi connectivity index (χ2n) is 9.50. The minimum absolute atomic E-state index is 0. The molecule has 0 amide bonds. The maximum atomic E-state index is 11.7. The summed E-state index contributed by atoms with van der Waals surface area (Å²) in [6, 6.07) is 27.3. The van der Waals surface area contributed by atoms with Crippen LogP contribution in [0.15, 0.2) is 97.1 Å². The predicted molar refractivity (Wildman–Crippen MR) is 174 cm³/mol. The van der Waals surface area contributed by atoms with Crippen LogP contribution in [0.1, 0.15) is 48.2 Å². The molecule has 0 aliphatic carbocycles. The average Bonchev–Trinajstić information content (AvgIpc) is 3.04. The Labute approximate surface area is 288 Å². The molecule has 0 heterocycles. The molecule has 0 aliphatic rings. The number of nitro groups is 2. The van der Waals surface area contributed by atoms with Crippen molar-refractivity contribution in [3.8, 4) is 11.5 Å². The summed E-state index contributed by atoms with van der Waals surface area (Å²) in [5.41, 5.74) is 2.89. The maximum absolute atomic E-state index is 11.7. The molecule has 4 aromatic rings. The van der Waals surface area contributed by atoms with Gasteiger partial charge in [0.15, 0.2) is 0 Å². The molecule has 14 heteroatoms. The fourth-order valence-corrected chi connectivity index (χ4v) is 3.88. The number of nitro benzene ring substituents is 2. The molecule has 0 saturated carbocycles. The molecule has 0 bridgehead atoms. The quantitative estimate of drug-likeness (QED) is 0.0857. The first-order chi connectivity index (χ1) is 21.1. The molecular weight excluding hydrogens is 687 g/mol. The van der Waals surface area contributed by atoms with Crippen molar-refractivity contribution in [3.63, 3.8) is 0 Å². The molecule has 1 radical (unpaired) electrons. The molecule has 2 atom stereocenters. The third-order valence-corrected chi connectivity index (χ3v) is 6.95. The van der Waals surface area contributed by atoms with E-state index < -0.39 is 9.85 Å². The van der Waals surface area contributed by atoms with Gasteiger partial charge in [-0.1, -0.05) is 72.8 Å². The van der Waals surface area contributed by atoms with Crippen molar-refractivity contribution in [2.24, 2.45) is 0 Å². The van der Waals surface area contributed by atoms with Crippen LogP contribution in [0.5, 0.6) is 11.5 Å². The molecule has 0 fully saturated rings. The van der Waals surface area contributed by atoms with E-state index in [0.29, 0.717) is 36.0 Å². The number of benzene rings is 4. The number of alkyl halides is 2. The monoisotopic (exact) mass is 721 g/mol. The van der Waals surface area contributed by atoms with E-state index in [2.05, 4.69) is 10.6 Å². The van der Waals surface area contributed by atoms with Crippen molar-refractivity contribution in [1.29, 1.82) is 0 Å². The maximum Gasteiger partial charge on any atom is 2.00 e. The third-order valence-electron chi connectivity index (χ3n) is 6.38. The Morgan fingerprint density at radius 1 is 0.630 bits per heavy atom. The summed E-state index contributed by atoms with van der Waals surface area (Å²) in [7, 11) is 0. The molecule has 0 aromatic heterocycles. The van der Waals surface area contributed by atoms with Gasteiger partial charge in [-0.05, 0) is 36.1 Å². The first-order valence-electron chi connectivity index (χ1n) is 13.6. The zero-order valence-corrected chi connectivity index (χ0v) is 27.6. The minimum atomic E-state index is -0.496. The third kappa shape index (κ3) is 14.6. The van der Waals surface area contributed by atoms with Crippen LogP contribution < -0.4 is 20.8 Å². The molecule has 4 aromatic carbocycles. The largest absolute Gasteiger partial charge is 2.00 e. The van der Waals surface area contributed by atoms with Crippen molar-refractivity contribution in [2.75, 3.05) is 11.8 Å². The molecule has 4 N–H and O–H groups in total. The van der Waals surface area contributed by atoms with E-state index in [4.69, 9.17) is 23.2 Å². The fourth-order valence-electron chi connectivity index (χ4n) is 3.88. The Kier molecular flexibility index (Phi) is 20.9. The van der Waals surface area contributed by atoms with E-state index in [0.717, 1.165) is 11.1 Å². The number of hydrogen-bond acceptors (Lipinski definition) is 8. The van der Waals surface area contributed by atoms with Crippen LogP contribution in [-0.4, -0.2) is 27.1 Å². The Morgan fingerprint density at radius 3 is 1.24 bits per heavy atom. The Hall–Kier alpha value is -3.74. The van der Waals surface area contributed by atoms with Crippen LogP contribution in [0.25, 0.3) is 0 Å². The van der Waals surface area contributed by atoms with Gasteiger partial charge in [-0.25, -0.2) is 0 Å². The van der Waals surface area contributed by atoms with E-state index in [1.54, 1.807) is 0 Å². The fraction of sp³-hybridized carbons (Fsp3) is 0.250. The molecule has 46 heavy (non-hydrogen) atoms. The average molecular weight is 723 g/mol. The summed E-state index contributed by atoms with van der Waals surface area (Å²) in [5.74, 6) is 0.732. The van der Waals surface area contributed by atoms with Crippen LogP contribution >= 0.6 is 23.2 Å². The van der Waals surface area contributed by atoms with Crippen LogP contribution in [0.3, 0.4) is 0 Å². The van der Waals surface area contributed by atoms with Crippen LogP contribution in [0, 0.1) is 20.2 Å². The van der Waals surface area contributed by atoms with E-state index in [1.165, 1.54) is 36.4 Å². The van der Waals surface area contributed by atoms with Crippen LogP contribution in [-0.2, 0) is 30.2 Å².